The average Bonchev–Trinajstić information content (AvgIpc) is 3.13. The van der Waals surface area contributed by atoms with Crippen molar-refractivity contribution in [1.82, 2.24) is 10.3 Å². The fourth-order valence-electron chi connectivity index (χ4n) is 4.74. The van der Waals surface area contributed by atoms with Crippen LogP contribution < -0.4 is 5.32 Å². The summed E-state index contributed by atoms with van der Waals surface area (Å²) in [5.41, 5.74) is 7.54. The molecule has 2 nitrogen and oxygen atoms in total. The number of benzene rings is 3. The average molecular weight is 449 g/mol. The van der Waals surface area contributed by atoms with Crippen LogP contribution in [0.1, 0.15) is 60.7 Å². The molecule has 2 heterocycles. The Morgan fingerprint density at radius 3 is 2.35 bits per heavy atom. The van der Waals surface area contributed by atoms with Crippen molar-refractivity contribution in [1.29, 1.82) is 0 Å². The van der Waals surface area contributed by atoms with Crippen molar-refractivity contribution < 1.29 is 0 Å². The van der Waals surface area contributed by atoms with Gasteiger partial charge in [0.1, 0.15) is 0 Å². The van der Waals surface area contributed by atoms with E-state index in [2.05, 4.69) is 85.7 Å². The normalized spacial score (nSPS) is 18.9. The quantitative estimate of drug-likeness (QED) is 0.324. The Morgan fingerprint density at radius 2 is 1.65 bits per heavy atom. The molecule has 0 saturated carbocycles. The van der Waals surface area contributed by atoms with Crippen LogP contribution in [0.5, 0.6) is 0 Å². The lowest BCUT2D eigenvalue weighted by molar-refractivity contribution is 0.524. The van der Waals surface area contributed by atoms with Crippen LogP contribution in [0.3, 0.4) is 0 Å². The van der Waals surface area contributed by atoms with Gasteiger partial charge in [-0.25, -0.2) is 0 Å². The molecule has 3 aromatic carbocycles. The highest BCUT2D eigenvalue weighted by Gasteiger charge is 2.33. The van der Waals surface area contributed by atoms with Crippen molar-refractivity contribution in [2.75, 3.05) is 6.54 Å². The molecule has 1 aliphatic heterocycles. The summed E-state index contributed by atoms with van der Waals surface area (Å²) in [5, 5.41) is 6.41. The Bertz CT molecular complexity index is 1250. The van der Waals surface area contributed by atoms with Crippen LogP contribution in [0.4, 0.5) is 0 Å². The first kappa shape index (κ1) is 20.6. The van der Waals surface area contributed by atoms with Crippen LogP contribution in [0.2, 0.25) is 10.0 Å². The molecule has 0 unspecified atom stereocenters. The maximum absolute atomic E-state index is 6.64. The Hall–Kier alpha value is -2.26. The number of para-hydroxylation sites is 1. The van der Waals surface area contributed by atoms with Gasteiger partial charge in [0, 0.05) is 39.1 Å². The van der Waals surface area contributed by atoms with Crippen LogP contribution in [-0.2, 0) is 5.41 Å². The van der Waals surface area contributed by atoms with E-state index in [0.717, 1.165) is 17.6 Å². The highest BCUT2D eigenvalue weighted by atomic mass is 35.5. The number of hydrogen-bond donors (Lipinski definition) is 2. The zero-order chi connectivity index (χ0) is 21.8. The van der Waals surface area contributed by atoms with Gasteiger partial charge in [0.2, 0.25) is 0 Å². The van der Waals surface area contributed by atoms with Gasteiger partial charge in [0.05, 0.1) is 6.04 Å². The van der Waals surface area contributed by atoms with E-state index in [1.54, 1.807) is 0 Å². The number of hydrogen-bond acceptors (Lipinski definition) is 1. The molecule has 2 atom stereocenters. The van der Waals surface area contributed by atoms with E-state index in [-0.39, 0.29) is 17.4 Å². The maximum Gasteiger partial charge on any atom is 0.0732 e. The summed E-state index contributed by atoms with van der Waals surface area (Å²) < 4.78 is 0. The summed E-state index contributed by atoms with van der Waals surface area (Å²) in [6.07, 6.45) is 0. The van der Waals surface area contributed by atoms with Crippen LogP contribution in [-0.4, -0.2) is 11.5 Å². The number of aromatic nitrogens is 1. The molecule has 158 valence electrons. The van der Waals surface area contributed by atoms with Crippen molar-refractivity contribution in [3.63, 3.8) is 0 Å². The Labute approximate surface area is 193 Å². The summed E-state index contributed by atoms with van der Waals surface area (Å²) in [6, 6.07) is 23.5. The van der Waals surface area contributed by atoms with Crippen molar-refractivity contribution >= 4 is 34.1 Å². The molecule has 2 N–H and O–H groups in total. The zero-order valence-electron chi connectivity index (χ0n) is 18.0. The molecule has 4 heteroatoms. The van der Waals surface area contributed by atoms with Crippen LogP contribution >= 0.6 is 23.2 Å². The van der Waals surface area contributed by atoms with Gasteiger partial charge < -0.3 is 10.3 Å². The van der Waals surface area contributed by atoms with E-state index in [0.29, 0.717) is 10.0 Å². The predicted molar refractivity (Wildman–Crippen MR) is 132 cm³/mol. The van der Waals surface area contributed by atoms with Crippen molar-refractivity contribution in [3.05, 3.63) is 105 Å². The van der Waals surface area contributed by atoms with E-state index in [1.807, 2.05) is 12.1 Å². The smallest absolute Gasteiger partial charge is 0.0732 e. The van der Waals surface area contributed by atoms with Crippen LogP contribution in [0, 0.1) is 0 Å². The van der Waals surface area contributed by atoms with Crippen molar-refractivity contribution in [3.8, 4) is 0 Å². The van der Waals surface area contributed by atoms with Gasteiger partial charge in [-0.05, 0) is 45.9 Å². The monoisotopic (exact) mass is 448 g/mol. The molecule has 0 spiro atoms. The second kappa shape index (κ2) is 7.70. The largest absolute Gasteiger partial charge is 0.357 e. The van der Waals surface area contributed by atoms with Gasteiger partial charge in [-0.3, -0.25) is 0 Å². The van der Waals surface area contributed by atoms with Gasteiger partial charge in [-0.2, -0.15) is 0 Å². The van der Waals surface area contributed by atoms with E-state index in [1.165, 1.54) is 27.8 Å². The molecule has 0 radical (unpaired) electrons. The Morgan fingerprint density at radius 1 is 0.903 bits per heavy atom. The van der Waals surface area contributed by atoms with Crippen LogP contribution in [0.15, 0.2) is 66.7 Å². The standard InChI is InChI=1S/C27H26Cl2N2/c1-27(2,3)17-10-8-16(9-11-17)25-26-24(20-6-4-5-7-23(20)31-26)21(15-30-25)19-13-12-18(28)14-22(19)29/h4-14,21,25,30-31H,15H2,1-3H3/t21-,25-/m0/s1. The third-order valence-electron chi connectivity index (χ3n) is 6.39. The molecule has 4 aromatic rings. The van der Waals surface area contributed by atoms with E-state index < -0.39 is 0 Å². The lowest BCUT2D eigenvalue weighted by Gasteiger charge is -2.32. The van der Waals surface area contributed by atoms with Gasteiger partial charge >= 0.3 is 0 Å². The first-order chi connectivity index (χ1) is 14.8. The minimum absolute atomic E-state index is 0.110. The molecule has 0 bridgehead atoms. The molecule has 0 saturated heterocycles. The predicted octanol–water partition coefficient (Wildman–Crippen LogP) is 7.60. The third-order valence-corrected chi connectivity index (χ3v) is 6.95. The van der Waals surface area contributed by atoms with E-state index in [9.17, 15) is 0 Å². The van der Waals surface area contributed by atoms with E-state index in [4.69, 9.17) is 23.2 Å². The summed E-state index contributed by atoms with van der Waals surface area (Å²) in [6.45, 7) is 7.55. The highest BCUT2D eigenvalue weighted by molar-refractivity contribution is 6.35. The number of rotatable bonds is 2. The third kappa shape index (κ3) is 3.67. The van der Waals surface area contributed by atoms with Gasteiger partial charge in [-0.15, -0.1) is 0 Å². The summed E-state index contributed by atoms with van der Waals surface area (Å²) in [7, 11) is 0. The highest BCUT2D eigenvalue weighted by Crippen LogP contribution is 2.43. The molecule has 1 aliphatic rings. The minimum atomic E-state index is 0.110. The fraction of sp³-hybridized carbons (Fsp3) is 0.259. The lowest BCUT2D eigenvalue weighted by Crippen LogP contribution is -2.34. The second-order valence-corrected chi connectivity index (χ2v) is 10.3. The van der Waals surface area contributed by atoms with Crippen molar-refractivity contribution in [2.45, 2.75) is 38.1 Å². The first-order valence-electron chi connectivity index (χ1n) is 10.7. The molecule has 0 fully saturated rings. The van der Waals surface area contributed by atoms with Gasteiger partial charge in [0.25, 0.3) is 0 Å². The molecular weight excluding hydrogens is 423 g/mol. The number of nitrogens with one attached hydrogen (secondary N) is 2. The van der Waals surface area contributed by atoms with E-state index >= 15 is 0 Å². The molecular formula is C27H26Cl2N2. The molecule has 0 amide bonds. The van der Waals surface area contributed by atoms with Gasteiger partial charge in [0.15, 0.2) is 0 Å². The number of halogens is 2. The number of H-pyrrole nitrogens is 1. The fourth-order valence-corrected chi connectivity index (χ4v) is 5.28. The maximum atomic E-state index is 6.64. The zero-order valence-corrected chi connectivity index (χ0v) is 19.5. The summed E-state index contributed by atoms with van der Waals surface area (Å²) in [5.74, 6) is 0.154. The number of aromatic amines is 1. The first-order valence-corrected chi connectivity index (χ1v) is 11.5. The molecule has 5 rings (SSSR count). The molecule has 31 heavy (non-hydrogen) atoms. The molecule has 1 aromatic heterocycles. The summed E-state index contributed by atoms with van der Waals surface area (Å²) in [4.78, 5) is 3.71. The summed E-state index contributed by atoms with van der Waals surface area (Å²) >= 11 is 12.8. The lowest BCUT2D eigenvalue weighted by atomic mass is 9.82. The van der Waals surface area contributed by atoms with Crippen LogP contribution in [0.25, 0.3) is 10.9 Å². The second-order valence-electron chi connectivity index (χ2n) is 9.43. The van der Waals surface area contributed by atoms with Gasteiger partial charge in [-0.1, -0.05) is 92.5 Å². The topological polar surface area (TPSA) is 27.8 Å². The minimum Gasteiger partial charge on any atom is -0.357 e. The Balaban J connectivity index is 1.64. The molecule has 0 aliphatic carbocycles. The number of fused-ring (bicyclic) bond motifs is 3. The van der Waals surface area contributed by atoms with Crippen molar-refractivity contribution in [2.24, 2.45) is 0 Å². The SMILES string of the molecule is CC(C)(C)c1ccc([C@@H]2NC[C@@H](c3ccc(Cl)cc3Cl)c3c2[nH]c2ccccc32)cc1. The Kier molecular flexibility index (Phi) is 5.13.